The highest BCUT2D eigenvalue weighted by molar-refractivity contribution is 5.76. The Hall–Kier alpha value is -2.70. The lowest BCUT2D eigenvalue weighted by Gasteiger charge is -2.32. The highest BCUT2D eigenvalue weighted by Gasteiger charge is 2.25. The molecule has 0 aromatic carbocycles. The minimum atomic E-state index is 0.213. The van der Waals surface area contributed by atoms with E-state index in [1.807, 2.05) is 51.6 Å². The Labute approximate surface area is 146 Å². The second-order valence-electron chi connectivity index (χ2n) is 6.60. The maximum absolute atomic E-state index is 12.4. The number of hydrogen-bond acceptors (Lipinski definition) is 4. The molecule has 4 heterocycles. The Morgan fingerprint density at radius 3 is 2.80 bits per heavy atom. The van der Waals surface area contributed by atoms with Gasteiger partial charge in [0.1, 0.15) is 0 Å². The highest BCUT2D eigenvalue weighted by Crippen LogP contribution is 2.28. The van der Waals surface area contributed by atoms with Crippen molar-refractivity contribution in [2.24, 2.45) is 0 Å². The molecule has 0 bridgehead atoms. The molecule has 0 N–H and O–H groups in total. The van der Waals surface area contributed by atoms with Crippen molar-refractivity contribution < 1.29 is 4.79 Å². The number of hydrogen-bond donors (Lipinski definition) is 0. The molecule has 1 aliphatic heterocycles. The second-order valence-corrected chi connectivity index (χ2v) is 6.60. The average Bonchev–Trinajstić information content (AvgIpc) is 3.28. The van der Waals surface area contributed by atoms with Crippen molar-refractivity contribution in [1.29, 1.82) is 0 Å². The van der Waals surface area contributed by atoms with Crippen LogP contribution in [0.25, 0.3) is 5.65 Å². The third kappa shape index (κ3) is 3.26. The molecule has 1 fully saturated rings. The molecule has 0 saturated carbocycles. The zero-order valence-corrected chi connectivity index (χ0v) is 14.4. The summed E-state index contributed by atoms with van der Waals surface area (Å²) < 4.78 is 3.76. The zero-order chi connectivity index (χ0) is 17.2. The molecule has 1 amide bonds. The van der Waals surface area contributed by atoms with Gasteiger partial charge in [-0.05, 0) is 31.9 Å². The van der Waals surface area contributed by atoms with E-state index in [9.17, 15) is 4.79 Å². The van der Waals surface area contributed by atoms with Crippen LogP contribution in [0.3, 0.4) is 0 Å². The molecule has 3 aromatic rings. The van der Waals surface area contributed by atoms with Crippen molar-refractivity contribution in [1.82, 2.24) is 29.3 Å². The summed E-state index contributed by atoms with van der Waals surface area (Å²) in [4.78, 5) is 18.8. The predicted octanol–water partition coefficient (Wildman–Crippen LogP) is 2.03. The molecule has 4 rings (SSSR count). The molecule has 1 saturated heterocycles. The van der Waals surface area contributed by atoms with E-state index in [-0.39, 0.29) is 5.91 Å². The van der Waals surface area contributed by atoms with Gasteiger partial charge in [-0.25, -0.2) is 9.50 Å². The monoisotopic (exact) mass is 338 g/mol. The molecule has 130 valence electrons. The van der Waals surface area contributed by atoms with Crippen molar-refractivity contribution in [3.8, 4) is 0 Å². The van der Waals surface area contributed by atoms with Crippen LogP contribution >= 0.6 is 0 Å². The molecule has 0 radical (unpaired) electrons. The van der Waals surface area contributed by atoms with E-state index in [0.29, 0.717) is 18.9 Å². The normalized spacial score (nSPS) is 15.8. The highest BCUT2D eigenvalue weighted by atomic mass is 16.2. The summed E-state index contributed by atoms with van der Waals surface area (Å²) >= 11 is 0. The molecular formula is C18H22N6O. The summed E-state index contributed by atoms with van der Waals surface area (Å²) in [6.07, 6.45) is 7.98. The standard InChI is InChI=1S/C18H22N6O/c1-14-4-12-23(21-14)13-7-18(25)22-10-5-15(6-11-22)16-2-8-19-17-3-9-20-24(16)17/h2-4,8-9,12,15H,5-7,10-11,13H2,1H3. The van der Waals surface area contributed by atoms with Crippen LogP contribution < -0.4 is 0 Å². The van der Waals surface area contributed by atoms with E-state index in [4.69, 9.17) is 0 Å². The van der Waals surface area contributed by atoms with E-state index >= 15 is 0 Å². The number of rotatable bonds is 4. The van der Waals surface area contributed by atoms with Crippen LogP contribution in [0.1, 0.15) is 36.6 Å². The fourth-order valence-corrected chi connectivity index (χ4v) is 3.54. The fraction of sp³-hybridized carbons (Fsp3) is 0.444. The van der Waals surface area contributed by atoms with Gasteiger partial charge in [-0.1, -0.05) is 0 Å². The van der Waals surface area contributed by atoms with E-state index in [0.717, 1.165) is 37.3 Å². The van der Waals surface area contributed by atoms with E-state index in [2.05, 4.69) is 15.2 Å². The van der Waals surface area contributed by atoms with Crippen LogP contribution in [0.15, 0.2) is 36.8 Å². The maximum Gasteiger partial charge on any atom is 0.224 e. The Bertz CT molecular complexity index is 874. The molecular weight excluding hydrogens is 316 g/mol. The minimum Gasteiger partial charge on any atom is -0.343 e. The molecule has 0 aliphatic carbocycles. The van der Waals surface area contributed by atoms with Crippen molar-refractivity contribution in [2.75, 3.05) is 13.1 Å². The Morgan fingerprint density at radius 1 is 1.20 bits per heavy atom. The molecule has 7 heteroatoms. The number of carbonyl (C=O) groups excluding carboxylic acids is 1. The summed E-state index contributed by atoms with van der Waals surface area (Å²) in [6.45, 7) is 4.20. The maximum atomic E-state index is 12.4. The molecule has 0 spiro atoms. The number of likely N-dealkylation sites (tertiary alicyclic amines) is 1. The molecule has 25 heavy (non-hydrogen) atoms. The van der Waals surface area contributed by atoms with Gasteiger partial charge in [0.15, 0.2) is 5.65 Å². The van der Waals surface area contributed by atoms with Crippen LogP contribution in [0, 0.1) is 6.92 Å². The van der Waals surface area contributed by atoms with Gasteiger partial charge in [0.25, 0.3) is 0 Å². The number of aryl methyl sites for hydroxylation is 2. The Balaban J connectivity index is 1.35. The van der Waals surface area contributed by atoms with Crippen LogP contribution in [0.4, 0.5) is 0 Å². The number of nitrogens with zero attached hydrogens (tertiary/aromatic N) is 6. The first kappa shape index (κ1) is 15.8. The van der Waals surface area contributed by atoms with Crippen molar-refractivity contribution >= 4 is 11.6 Å². The number of piperidine rings is 1. The fourth-order valence-electron chi connectivity index (χ4n) is 3.54. The quantitative estimate of drug-likeness (QED) is 0.730. The van der Waals surface area contributed by atoms with Gasteiger partial charge < -0.3 is 4.90 Å². The zero-order valence-electron chi connectivity index (χ0n) is 14.4. The molecule has 0 atom stereocenters. The van der Waals surface area contributed by atoms with Gasteiger partial charge in [-0.15, -0.1) is 0 Å². The van der Waals surface area contributed by atoms with Crippen LogP contribution in [-0.4, -0.2) is 48.3 Å². The third-order valence-corrected chi connectivity index (χ3v) is 4.91. The molecule has 3 aromatic heterocycles. The first-order valence-electron chi connectivity index (χ1n) is 8.77. The summed E-state index contributed by atoms with van der Waals surface area (Å²) in [5.41, 5.74) is 3.05. The lowest BCUT2D eigenvalue weighted by molar-refractivity contribution is -0.132. The smallest absolute Gasteiger partial charge is 0.224 e. The van der Waals surface area contributed by atoms with Gasteiger partial charge in [-0.3, -0.25) is 9.48 Å². The Morgan fingerprint density at radius 2 is 2.04 bits per heavy atom. The summed E-state index contributed by atoms with van der Waals surface area (Å²) in [6, 6.07) is 5.92. The lowest BCUT2D eigenvalue weighted by atomic mass is 9.93. The van der Waals surface area contributed by atoms with Gasteiger partial charge in [0.2, 0.25) is 5.91 Å². The van der Waals surface area contributed by atoms with Gasteiger partial charge in [0.05, 0.1) is 11.9 Å². The van der Waals surface area contributed by atoms with E-state index in [1.165, 1.54) is 5.69 Å². The third-order valence-electron chi connectivity index (χ3n) is 4.91. The van der Waals surface area contributed by atoms with Crippen LogP contribution in [-0.2, 0) is 11.3 Å². The Kier molecular flexibility index (Phi) is 4.21. The van der Waals surface area contributed by atoms with Gasteiger partial charge in [-0.2, -0.15) is 10.2 Å². The second kappa shape index (κ2) is 6.66. The summed E-state index contributed by atoms with van der Waals surface area (Å²) in [5.74, 6) is 0.633. The number of amides is 1. The molecule has 1 aliphatic rings. The van der Waals surface area contributed by atoms with Crippen molar-refractivity contribution in [3.05, 3.63) is 48.2 Å². The van der Waals surface area contributed by atoms with Crippen molar-refractivity contribution in [3.63, 3.8) is 0 Å². The first-order chi connectivity index (χ1) is 12.2. The van der Waals surface area contributed by atoms with E-state index < -0.39 is 0 Å². The lowest BCUT2D eigenvalue weighted by Crippen LogP contribution is -2.38. The number of fused-ring (bicyclic) bond motifs is 1. The number of carbonyl (C=O) groups is 1. The number of aromatic nitrogens is 5. The predicted molar refractivity (Wildman–Crippen MR) is 93.1 cm³/mol. The van der Waals surface area contributed by atoms with Gasteiger partial charge in [0, 0.05) is 56.1 Å². The summed E-state index contributed by atoms with van der Waals surface area (Å²) in [7, 11) is 0. The topological polar surface area (TPSA) is 68.3 Å². The summed E-state index contributed by atoms with van der Waals surface area (Å²) in [5, 5.41) is 8.71. The van der Waals surface area contributed by atoms with Crippen LogP contribution in [0.5, 0.6) is 0 Å². The first-order valence-corrected chi connectivity index (χ1v) is 8.77. The van der Waals surface area contributed by atoms with Crippen molar-refractivity contribution in [2.45, 2.75) is 38.6 Å². The largest absolute Gasteiger partial charge is 0.343 e. The molecule has 0 unspecified atom stereocenters. The average molecular weight is 338 g/mol. The van der Waals surface area contributed by atoms with Crippen LogP contribution in [0.2, 0.25) is 0 Å². The SMILES string of the molecule is Cc1ccn(CCC(=O)N2CCC(c3ccnc4ccnn34)CC2)n1. The van der Waals surface area contributed by atoms with Gasteiger partial charge >= 0.3 is 0 Å². The van der Waals surface area contributed by atoms with E-state index in [1.54, 1.807) is 6.20 Å². The molecule has 7 nitrogen and oxygen atoms in total. The minimum absolute atomic E-state index is 0.213.